The summed E-state index contributed by atoms with van der Waals surface area (Å²) in [5, 5.41) is 11.8. The van der Waals surface area contributed by atoms with Crippen LogP contribution in [0.4, 0.5) is 0 Å². The van der Waals surface area contributed by atoms with E-state index in [4.69, 9.17) is 14.6 Å². The lowest BCUT2D eigenvalue weighted by atomic mass is 10.2. The van der Waals surface area contributed by atoms with Gasteiger partial charge >= 0.3 is 5.97 Å². The van der Waals surface area contributed by atoms with Crippen LogP contribution in [0.5, 0.6) is 0 Å². The van der Waals surface area contributed by atoms with Crippen LogP contribution < -0.4 is 5.32 Å². The summed E-state index contributed by atoms with van der Waals surface area (Å²) in [6.07, 6.45) is 1.50. The molecule has 0 aromatic carbocycles. The van der Waals surface area contributed by atoms with Crippen LogP contribution >= 0.6 is 12.4 Å². The highest BCUT2D eigenvalue weighted by molar-refractivity contribution is 5.85. The van der Waals surface area contributed by atoms with E-state index in [1.165, 1.54) is 0 Å². The molecule has 98 valence electrons. The van der Waals surface area contributed by atoms with Gasteiger partial charge in [-0.15, -0.1) is 12.4 Å². The summed E-state index contributed by atoms with van der Waals surface area (Å²) in [6.45, 7) is 4.14. The fourth-order valence-electron chi connectivity index (χ4n) is 1.15. The van der Waals surface area contributed by atoms with Gasteiger partial charge < -0.3 is 19.9 Å². The molecule has 0 aliphatic rings. The molecule has 0 saturated carbocycles. The Morgan fingerprint density at radius 1 is 1.38 bits per heavy atom. The van der Waals surface area contributed by atoms with Crippen molar-refractivity contribution in [3.05, 3.63) is 0 Å². The first-order valence-electron chi connectivity index (χ1n) is 5.25. The van der Waals surface area contributed by atoms with Gasteiger partial charge in [-0.1, -0.05) is 13.3 Å². The molecule has 0 aromatic heterocycles. The first-order valence-corrected chi connectivity index (χ1v) is 5.25. The fourth-order valence-corrected chi connectivity index (χ4v) is 1.15. The number of aliphatic carboxylic acids is 1. The normalized spacial score (nSPS) is 11.9. The third kappa shape index (κ3) is 10.2. The molecule has 0 amide bonds. The monoisotopic (exact) mass is 255 g/mol. The van der Waals surface area contributed by atoms with Crippen molar-refractivity contribution < 1.29 is 19.4 Å². The van der Waals surface area contributed by atoms with Gasteiger partial charge in [0.1, 0.15) is 6.04 Å². The summed E-state index contributed by atoms with van der Waals surface area (Å²) in [4.78, 5) is 10.7. The Bertz CT molecular complexity index is 169. The van der Waals surface area contributed by atoms with Crippen molar-refractivity contribution in [1.82, 2.24) is 5.32 Å². The highest BCUT2D eigenvalue weighted by Crippen LogP contribution is 1.95. The minimum Gasteiger partial charge on any atom is -0.480 e. The van der Waals surface area contributed by atoms with Gasteiger partial charge in [0.15, 0.2) is 0 Å². The molecule has 16 heavy (non-hydrogen) atoms. The van der Waals surface area contributed by atoms with E-state index in [0.717, 1.165) is 6.42 Å². The summed E-state index contributed by atoms with van der Waals surface area (Å²) in [5.41, 5.74) is 0. The number of nitrogens with one attached hydrogen (secondary N) is 1. The Morgan fingerprint density at radius 3 is 2.56 bits per heavy atom. The van der Waals surface area contributed by atoms with E-state index in [1.54, 1.807) is 7.11 Å². The Kier molecular flexibility index (Phi) is 14.3. The van der Waals surface area contributed by atoms with E-state index in [1.807, 2.05) is 6.92 Å². The summed E-state index contributed by atoms with van der Waals surface area (Å²) in [6, 6.07) is -0.457. The molecule has 0 rings (SSSR count). The number of methoxy groups -OCH3 is 1. The maximum Gasteiger partial charge on any atom is 0.320 e. The van der Waals surface area contributed by atoms with Crippen LogP contribution in [-0.2, 0) is 14.3 Å². The number of halogens is 1. The van der Waals surface area contributed by atoms with Gasteiger partial charge in [-0.3, -0.25) is 4.79 Å². The lowest BCUT2D eigenvalue weighted by Crippen LogP contribution is -2.38. The molecule has 0 spiro atoms. The van der Waals surface area contributed by atoms with E-state index >= 15 is 0 Å². The number of hydrogen-bond donors (Lipinski definition) is 2. The van der Waals surface area contributed by atoms with Gasteiger partial charge in [-0.25, -0.2) is 0 Å². The minimum absolute atomic E-state index is 0. The van der Waals surface area contributed by atoms with Gasteiger partial charge in [0, 0.05) is 13.7 Å². The number of hydrogen-bond acceptors (Lipinski definition) is 4. The molecule has 6 heteroatoms. The molecular weight excluding hydrogens is 234 g/mol. The van der Waals surface area contributed by atoms with Crippen molar-refractivity contribution >= 4 is 18.4 Å². The first-order chi connectivity index (χ1) is 7.22. The minimum atomic E-state index is -0.797. The summed E-state index contributed by atoms with van der Waals surface area (Å²) in [5.74, 6) is -0.797. The van der Waals surface area contributed by atoms with Crippen LogP contribution in [0.25, 0.3) is 0 Å². The van der Waals surface area contributed by atoms with E-state index in [2.05, 4.69) is 5.32 Å². The van der Waals surface area contributed by atoms with Crippen LogP contribution in [0, 0.1) is 0 Å². The second-order valence-corrected chi connectivity index (χ2v) is 3.24. The molecule has 2 N–H and O–H groups in total. The largest absolute Gasteiger partial charge is 0.480 e. The van der Waals surface area contributed by atoms with Gasteiger partial charge in [-0.2, -0.15) is 0 Å². The number of rotatable bonds is 10. The van der Waals surface area contributed by atoms with Crippen LogP contribution in [0.2, 0.25) is 0 Å². The molecular formula is C10H22ClNO4. The zero-order valence-corrected chi connectivity index (χ0v) is 10.7. The maximum atomic E-state index is 10.7. The average Bonchev–Trinajstić information content (AvgIpc) is 2.21. The van der Waals surface area contributed by atoms with Crippen molar-refractivity contribution in [2.75, 3.05) is 33.5 Å². The third-order valence-corrected chi connectivity index (χ3v) is 1.94. The summed E-state index contributed by atoms with van der Waals surface area (Å²) >= 11 is 0. The number of carbonyl (C=O) groups is 1. The van der Waals surface area contributed by atoms with Gasteiger partial charge in [0.25, 0.3) is 0 Å². The van der Waals surface area contributed by atoms with Crippen LogP contribution in [-0.4, -0.2) is 50.6 Å². The molecule has 0 aromatic rings. The lowest BCUT2D eigenvalue weighted by Gasteiger charge is -2.13. The maximum absolute atomic E-state index is 10.7. The van der Waals surface area contributed by atoms with Gasteiger partial charge in [-0.05, 0) is 6.42 Å². The molecule has 0 saturated heterocycles. The third-order valence-electron chi connectivity index (χ3n) is 1.94. The Morgan fingerprint density at radius 2 is 2.06 bits per heavy atom. The lowest BCUT2D eigenvalue weighted by molar-refractivity contribution is -0.139. The van der Waals surface area contributed by atoms with Gasteiger partial charge in [0.2, 0.25) is 0 Å². The fraction of sp³-hybridized carbons (Fsp3) is 0.900. The van der Waals surface area contributed by atoms with E-state index in [-0.39, 0.29) is 12.4 Å². The second kappa shape index (κ2) is 12.7. The van der Waals surface area contributed by atoms with Crippen molar-refractivity contribution in [2.24, 2.45) is 0 Å². The Hall–Kier alpha value is -0.360. The van der Waals surface area contributed by atoms with Crippen LogP contribution in [0.3, 0.4) is 0 Å². The predicted octanol–water partition coefficient (Wildman–Crippen LogP) is 0.914. The zero-order chi connectivity index (χ0) is 11.5. The van der Waals surface area contributed by atoms with Crippen molar-refractivity contribution in [3.8, 4) is 0 Å². The van der Waals surface area contributed by atoms with Crippen molar-refractivity contribution in [1.29, 1.82) is 0 Å². The first kappa shape index (κ1) is 18.0. The van der Waals surface area contributed by atoms with E-state index in [9.17, 15) is 4.79 Å². The van der Waals surface area contributed by atoms with Crippen molar-refractivity contribution in [2.45, 2.75) is 25.8 Å². The standard InChI is InChI=1S/C10H21NO4.ClH/c1-3-4-9(10(12)13)11-5-6-15-8-7-14-2;/h9,11H,3-8H2,1-2H3,(H,12,13);1H. The summed E-state index contributed by atoms with van der Waals surface area (Å²) < 4.78 is 10.0. The molecule has 0 radical (unpaired) electrons. The molecule has 0 aliphatic carbocycles. The van der Waals surface area contributed by atoms with E-state index < -0.39 is 12.0 Å². The van der Waals surface area contributed by atoms with Crippen molar-refractivity contribution in [3.63, 3.8) is 0 Å². The average molecular weight is 256 g/mol. The number of carboxylic acid groups (broad SMARTS) is 1. The quantitative estimate of drug-likeness (QED) is 0.568. The van der Waals surface area contributed by atoms with Crippen LogP contribution in [0.1, 0.15) is 19.8 Å². The predicted molar refractivity (Wildman–Crippen MR) is 64.3 cm³/mol. The molecule has 0 aliphatic heterocycles. The molecule has 1 unspecified atom stereocenters. The highest BCUT2D eigenvalue weighted by atomic mass is 35.5. The van der Waals surface area contributed by atoms with Crippen LogP contribution in [0.15, 0.2) is 0 Å². The molecule has 1 atom stereocenters. The van der Waals surface area contributed by atoms with E-state index in [0.29, 0.717) is 32.8 Å². The Labute approximate surface area is 103 Å². The summed E-state index contributed by atoms with van der Waals surface area (Å²) in [7, 11) is 1.61. The Balaban J connectivity index is 0. The highest BCUT2D eigenvalue weighted by Gasteiger charge is 2.14. The molecule has 5 nitrogen and oxygen atoms in total. The SMILES string of the molecule is CCCC(NCCOCCOC)C(=O)O.Cl. The molecule has 0 heterocycles. The number of carboxylic acids is 1. The number of ether oxygens (including phenoxy) is 2. The zero-order valence-electron chi connectivity index (χ0n) is 9.90. The molecule has 0 bridgehead atoms. The topological polar surface area (TPSA) is 67.8 Å². The second-order valence-electron chi connectivity index (χ2n) is 3.24. The molecule has 0 fully saturated rings. The van der Waals surface area contributed by atoms with Gasteiger partial charge in [0.05, 0.1) is 19.8 Å². The smallest absolute Gasteiger partial charge is 0.320 e.